The van der Waals surface area contributed by atoms with E-state index in [9.17, 15) is 0 Å². The van der Waals surface area contributed by atoms with Crippen LogP contribution in [0.25, 0.3) is 10.9 Å². The Bertz CT molecular complexity index is 514. The Hall–Kier alpha value is -1.36. The molecule has 90 valence electrons. The Morgan fingerprint density at radius 2 is 2.24 bits per heavy atom. The SMILES string of the molecule is Nc1cc2cn[nH]c2cc1N1CCCSCC1. The van der Waals surface area contributed by atoms with Crippen LogP contribution in [0.2, 0.25) is 0 Å². The van der Waals surface area contributed by atoms with Crippen molar-refractivity contribution in [2.45, 2.75) is 6.42 Å². The fourth-order valence-corrected chi connectivity index (χ4v) is 3.15. The van der Waals surface area contributed by atoms with E-state index in [0.717, 1.165) is 35.4 Å². The van der Waals surface area contributed by atoms with Crippen LogP contribution in [0, 0.1) is 0 Å². The van der Waals surface area contributed by atoms with Gasteiger partial charge in [-0.25, -0.2) is 0 Å². The molecule has 0 unspecified atom stereocenters. The Morgan fingerprint density at radius 1 is 1.29 bits per heavy atom. The van der Waals surface area contributed by atoms with Crippen LogP contribution in [-0.4, -0.2) is 34.8 Å². The molecule has 0 bridgehead atoms. The van der Waals surface area contributed by atoms with Crippen molar-refractivity contribution in [1.29, 1.82) is 0 Å². The Morgan fingerprint density at radius 3 is 3.18 bits per heavy atom. The average Bonchev–Trinajstić information content (AvgIpc) is 2.62. The maximum absolute atomic E-state index is 6.14. The summed E-state index contributed by atoms with van der Waals surface area (Å²) in [6.07, 6.45) is 3.04. The highest BCUT2D eigenvalue weighted by Gasteiger charge is 2.13. The van der Waals surface area contributed by atoms with Gasteiger partial charge in [0.1, 0.15) is 0 Å². The van der Waals surface area contributed by atoms with Crippen LogP contribution in [0.15, 0.2) is 18.3 Å². The summed E-state index contributed by atoms with van der Waals surface area (Å²) in [4.78, 5) is 2.38. The van der Waals surface area contributed by atoms with Gasteiger partial charge < -0.3 is 10.6 Å². The van der Waals surface area contributed by atoms with E-state index in [1.807, 2.05) is 24.0 Å². The molecule has 1 fully saturated rings. The molecule has 0 radical (unpaired) electrons. The first-order valence-corrected chi connectivity index (χ1v) is 7.05. The summed E-state index contributed by atoms with van der Waals surface area (Å²) < 4.78 is 0. The third kappa shape index (κ3) is 2.07. The molecule has 2 aromatic rings. The highest BCUT2D eigenvalue weighted by Crippen LogP contribution is 2.29. The van der Waals surface area contributed by atoms with Gasteiger partial charge in [0.25, 0.3) is 0 Å². The number of fused-ring (bicyclic) bond motifs is 1. The molecule has 17 heavy (non-hydrogen) atoms. The molecule has 1 aliphatic heterocycles. The molecule has 0 saturated carbocycles. The minimum absolute atomic E-state index is 0.853. The van der Waals surface area contributed by atoms with Gasteiger partial charge in [-0.2, -0.15) is 16.9 Å². The third-order valence-electron chi connectivity index (χ3n) is 3.15. The number of benzene rings is 1. The van der Waals surface area contributed by atoms with Gasteiger partial charge >= 0.3 is 0 Å². The number of hydrogen-bond acceptors (Lipinski definition) is 4. The smallest absolute Gasteiger partial charge is 0.0672 e. The number of anilines is 2. The van der Waals surface area contributed by atoms with Crippen molar-refractivity contribution in [3.05, 3.63) is 18.3 Å². The molecule has 0 atom stereocenters. The van der Waals surface area contributed by atoms with Gasteiger partial charge in [0.2, 0.25) is 0 Å². The number of H-pyrrole nitrogens is 1. The molecule has 0 aliphatic carbocycles. The van der Waals surface area contributed by atoms with Crippen LogP contribution in [0.4, 0.5) is 11.4 Å². The molecule has 0 spiro atoms. The normalized spacial score (nSPS) is 17.3. The molecule has 1 aliphatic rings. The second-order valence-corrected chi connectivity index (χ2v) is 5.55. The van der Waals surface area contributed by atoms with Crippen molar-refractivity contribution < 1.29 is 0 Å². The summed E-state index contributed by atoms with van der Waals surface area (Å²) in [5, 5.41) is 8.13. The topological polar surface area (TPSA) is 57.9 Å². The Kier molecular flexibility index (Phi) is 2.84. The summed E-state index contributed by atoms with van der Waals surface area (Å²) in [6, 6.07) is 4.12. The summed E-state index contributed by atoms with van der Waals surface area (Å²) in [7, 11) is 0. The zero-order valence-corrected chi connectivity index (χ0v) is 10.5. The van der Waals surface area contributed by atoms with Gasteiger partial charge in [0.15, 0.2) is 0 Å². The lowest BCUT2D eigenvalue weighted by Gasteiger charge is -2.23. The molecule has 0 amide bonds. The zero-order valence-electron chi connectivity index (χ0n) is 9.65. The lowest BCUT2D eigenvalue weighted by atomic mass is 10.2. The van der Waals surface area contributed by atoms with Gasteiger partial charge in [-0.3, -0.25) is 5.10 Å². The van der Waals surface area contributed by atoms with E-state index in [1.54, 1.807) is 0 Å². The van der Waals surface area contributed by atoms with Crippen LogP contribution in [0.5, 0.6) is 0 Å². The molecule has 5 heteroatoms. The highest BCUT2D eigenvalue weighted by molar-refractivity contribution is 7.99. The van der Waals surface area contributed by atoms with Gasteiger partial charge in [0.05, 0.1) is 23.1 Å². The number of aromatic amines is 1. The monoisotopic (exact) mass is 248 g/mol. The molecule has 3 N–H and O–H groups in total. The van der Waals surface area contributed by atoms with E-state index in [1.165, 1.54) is 17.9 Å². The Balaban J connectivity index is 1.99. The van der Waals surface area contributed by atoms with E-state index in [0.29, 0.717) is 0 Å². The quantitative estimate of drug-likeness (QED) is 0.759. The predicted molar refractivity (Wildman–Crippen MR) is 74.7 cm³/mol. The standard InChI is InChI=1S/C12H16N4S/c13-10-6-9-8-14-15-11(9)7-12(10)16-2-1-4-17-5-3-16/h6-8H,1-5,13H2,(H,14,15). The lowest BCUT2D eigenvalue weighted by molar-refractivity contribution is 0.818. The van der Waals surface area contributed by atoms with Crippen LogP contribution in [0.1, 0.15) is 6.42 Å². The summed E-state index contributed by atoms with van der Waals surface area (Å²) in [6.45, 7) is 2.17. The van der Waals surface area contributed by atoms with Crippen molar-refractivity contribution >= 4 is 34.0 Å². The van der Waals surface area contributed by atoms with Crippen LogP contribution < -0.4 is 10.6 Å². The number of nitrogens with one attached hydrogen (secondary N) is 1. The van der Waals surface area contributed by atoms with Gasteiger partial charge in [-0.15, -0.1) is 0 Å². The van der Waals surface area contributed by atoms with Crippen molar-refractivity contribution in [2.75, 3.05) is 35.2 Å². The summed E-state index contributed by atoms with van der Waals surface area (Å²) in [5.41, 5.74) is 9.19. The molecular weight excluding hydrogens is 232 g/mol. The first-order chi connectivity index (χ1) is 8.34. The fraction of sp³-hybridized carbons (Fsp3) is 0.417. The maximum atomic E-state index is 6.14. The number of nitrogens with two attached hydrogens (primary N) is 1. The first-order valence-electron chi connectivity index (χ1n) is 5.90. The largest absolute Gasteiger partial charge is 0.397 e. The van der Waals surface area contributed by atoms with E-state index in [2.05, 4.69) is 21.2 Å². The molecule has 3 rings (SSSR count). The number of thioether (sulfide) groups is 1. The van der Waals surface area contributed by atoms with Crippen molar-refractivity contribution in [2.24, 2.45) is 0 Å². The molecule has 2 heterocycles. The summed E-state index contributed by atoms with van der Waals surface area (Å²) in [5.74, 6) is 2.43. The highest BCUT2D eigenvalue weighted by atomic mass is 32.2. The summed E-state index contributed by atoms with van der Waals surface area (Å²) >= 11 is 2.02. The van der Waals surface area contributed by atoms with Crippen molar-refractivity contribution in [1.82, 2.24) is 10.2 Å². The van der Waals surface area contributed by atoms with Gasteiger partial charge in [0, 0.05) is 24.2 Å². The average molecular weight is 248 g/mol. The minimum atomic E-state index is 0.853. The zero-order chi connectivity index (χ0) is 11.7. The number of hydrogen-bond donors (Lipinski definition) is 2. The molecule has 4 nitrogen and oxygen atoms in total. The third-order valence-corrected chi connectivity index (χ3v) is 4.20. The maximum Gasteiger partial charge on any atom is 0.0672 e. The Labute approximate surface area is 105 Å². The second kappa shape index (κ2) is 4.49. The number of aromatic nitrogens is 2. The molecular formula is C12H16N4S. The molecule has 1 aromatic heterocycles. The van der Waals surface area contributed by atoms with E-state index < -0.39 is 0 Å². The number of rotatable bonds is 1. The van der Waals surface area contributed by atoms with Crippen molar-refractivity contribution in [3.8, 4) is 0 Å². The molecule has 1 saturated heterocycles. The van der Waals surface area contributed by atoms with E-state index in [-0.39, 0.29) is 0 Å². The lowest BCUT2D eigenvalue weighted by Crippen LogP contribution is -2.26. The van der Waals surface area contributed by atoms with E-state index >= 15 is 0 Å². The van der Waals surface area contributed by atoms with Gasteiger partial charge in [-0.1, -0.05) is 0 Å². The predicted octanol–water partition coefficient (Wildman–Crippen LogP) is 2.09. The first kappa shape index (κ1) is 10.8. The van der Waals surface area contributed by atoms with Crippen LogP contribution in [0.3, 0.4) is 0 Å². The van der Waals surface area contributed by atoms with Crippen molar-refractivity contribution in [3.63, 3.8) is 0 Å². The fourth-order valence-electron chi connectivity index (χ4n) is 2.26. The number of nitrogens with zero attached hydrogens (tertiary/aromatic N) is 2. The minimum Gasteiger partial charge on any atom is -0.397 e. The van der Waals surface area contributed by atoms with Gasteiger partial charge in [-0.05, 0) is 24.3 Å². The molecule has 1 aromatic carbocycles. The van der Waals surface area contributed by atoms with E-state index in [4.69, 9.17) is 5.73 Å². The number of nitrogen functional groups attached to an aromatic ring is 1. The van der Waals surface area contributed by atoms with Crippen LogP contribution in [-0.2, 0) is 0 Å². The second-order valence-electron chi connectivity index (χ2n) is 4.32. The van der Waals surface area contributed by atoms with Crippen LogP contribution >= 0.6 is 11.8 Å².